The van der Waals surface area contributed by atoms with Gasteiger partial charge in [0.05, 0.1) is 0 Å². The summed E-state index contributed by atoms with van der Waals surface area (Å²) < 4.78 is 7.59. The van der Waals surface area contributed by atoms with Gasteiger partial charge in [-0.15, -0.1) is 0 Å². The Bertz CT molecular complexity index is 659. The topological polar surface area (TPSA) is 31.2 Å². The molecule has 2 rings (SSSR count). The van der Waals surface area contributed by atoms with E-state index in [1.807, 2.05) is 44.5 Å². The number of hydrogen-bond acceptors (Lipinski definition) is 2. The first-order chi connectivity index (χ1) is 9.40. The van der Waals surface area contributed by atoms with Crippen molar-refractivity contribution in [3.8, 4) is 5.75 Å². The maximum Gasteiger partial charge on any atom is 0.202 e. The van der Waals surface area contributed by atoms with Gasteiger partial charge < -0.3 is 9.30 Å². The average molecular weight is 292 g/mol. The van der Waals surface area contributed by atoms with Gasteiger partial charge in [0.1, 0.15) is 5.75 Å². The molecule has 0 saturated heterocycles. The Balaban J connectivity index is 2.12. The van der Waals surface area contributed by atoms with E-state index in [1.54, 1.807) is 12.1 Å². The molecule has 1 heterocycles. The third-order valence-electron chi connectivity index (χ3n) is 3.58. The minimum Gasteiger partial charge on any atom is -0.485 e. The van der Waals surface area contributed by atoms with Crippen LogP contribution in [0.2, 0.25) is 5.02 Å². The highest BCUT2D eigenvalue weighted by Gasteiger charge is 2.15. The predicted octanol–water partition coefficient (Wildman–Crippen LogP) is 3.87. The number of halogens is 1. The lowest BCUT2D eigenvalue weighted by Crippen LogP contribution is -2.13. The molecule has 0 amide bonds. The highest BCUT2D eigenvalue weighted by Crippen LogP contribution is 2.23. The fraction of sp³-hybridized carbons (Fsp3) is 0.312. The minimum absolute atomic E-state index is 0.0193. The molecule has 106 valence electrons. The molecule has 0 fully saturated rings. The van der Waals surface area contributed by atoms with Gasteiger partial charge in [0, 0.05) is 29.0 Å². The summed E-state index contributed by atoms with van der Waals surface area (Å²) in [7, 11) is 1.95. The summed E-state index contributed by atoms with van der Waals surface area (Å²) >= 11 is 5.93. The molecule has 0 N–H and O–H groups in total. The van der Waals surface area contributed by atoms with Crippen molar-refractivity contribution in [2.75, 3.05) is 6.61 Å². The van der Waals surface area contributed by atoms with E-state index in [0.717, 1.165) is 17.0 Å². The molecule has 0 unspecified atom stereocenters. The number of benzene rings is 1. The molecule has 0 radical (unpaired) electrons. The van der Waals surface area contributed by atoms with Crippen molar-refractivity contribution in [3.63, 3.8) is 0 Å². The van der Waals surface area contributed by atoms with E-state index in [2.05, 4.69) is 0 Å². The van der Waals surface area contributed by atoms with Crippen LogP contribution in [0, 0.1) is 20.8 Å². The van der Waals surface area contributed by atoms with Gasteiger partial charge in [0.25, 0.3) is 0 Å². The predicted molar refractivity (Wildman–Crippen MR) is 80.9 cm³/mol. The van der Waals surface area contributed by atoms with Gasteiger partial charge in [0.2, 0.25) is 5.78 Å². The van der Waals surface area contributed by atoms with Gasteiger partial charge >= 0.3 is 0 Å². The number of ketones is 1. The first-order valence-corrected chi connectivity index (χ1v) is 6.83. The molecule has 1 aromatic carbocycles. The fourth-order valence-corrected chi connectivity index (χ4v) is 2.25. The fourth-order valence-electron chi connectivity index (χ4n) is 2.09. The zero-order valence-corrected chi connectivity index (χ0v) is 12.9. The zero-order chi connectivity index (χ0) is 14.9. The first kappa shape index (κ1) is 14.7. The summed E-state index contributed by atoms with van der Waals surface area (Å²) in [6, 6.07) is 7.30. The number of Topliss-reactive ketones (excluding diaryl/α,β-unsaturated/α-hetero) is 1. The first-order valence-electron chi connectivity index (χ1n) is 6.45. The average Bonchev–Trinajstić information content (AvgIpc) is 2.67. The molecule has 4 heteroatoms. The van der Waals surface area contributed by atoms with E-state index in [9.17, 15) is 4.79 Å². The van der Waals surface area contributed by atoms with E-state index in [0.29, 0.717) is 16.3 Å². The Morgan fingerprint density at radius 1 is 1.25 bits per heavy atom. The van der Waals surface area contributed by atoms with Crippen LogP contribution in [-0.4, -0.2) is 17.0 Å². The Morgan fingerprint density at radius 3 is 2.55 bits per heavy atom. The lowest BCUT2D eigenvalue weighted by atomic mass is 10.1. The molecular weight excluding hydrogens is 274 g/mol. The van der Waals surface area contributed by atoms with Gasteiger partial charge in [-0.3, -0.25) is 4.79 Å². The second-order valence-electron chi connectivity index (χ2n) is 4.97. The highest BCUT2D eigenvalue weighted by molar-refractivity contribution is 6.30. The summed E-state index contributed by atoms with van der Waals surface area (Å²) in [6.45, 7) is 5.86. The van der Waals surface area contributed by atoms with Crippen molar-refractivity contribution in [1.82, 2.24) is 4.57 Å². The summed E-state index contributed by atoms with van der Waals surface area (Å²) in [5.74, 6) is 0.627. The molecular formula is C16H18ClNO2. The van der Waals surface area contributed by atoms with Gasteiger partial charge in [-0.25, -0.2) is 0 Å². The molecule has 3 nitrogen and oxygen atoms in total. The monoisotopic (exact) mass is 291 g/mol. The maximum atomic E-state index is 12.2. The second kappa shape index (κ2) is 5.71. The summed E-state index contributed by atoms with van der Waals surface area (Å²) in [6.07, 6.45) is 0. The van der Waals surface area contributed by atoms with E-state index in [-0.39, 0.29) is 12.4 Å². The summed E-state index contributed by atoms with van der Waals surface area (Å²) in [5, 5.41) is 0.602. The summed E-state index contributed by atoms with van der Waals surface area (Å²) in [4.78, 5) is 12.2. The van der Waals surface area contributed by atoms with Crippen LogP contribution in [0.5, 0.6) is 5.75 Å². The van der Waals surface area contributed by atoms with Crippen molar-refractivity contribution < 1.29 is 9.53 Å². The van der Waals surface area contributed by atoms with Crippen LogP contribution in [0.25, 0.3) is 0 Å². The molecule has 0 atom stereocenters. The van der Waals surface area contributed by atoms with E-state index >= 15 is 0 Å². The van der Waals surface area contributed by atoms with Crippen LogP contribution in [0.4, 0.5) is 0 Å². The number of ether oxygens (including phenoxy) is 1. The zero-order valence-electron chi connectivity index (χ0n) is 12.2. The van der Waals surface area contributed by atoms with Gasteiger partial charge in [0.15, 0.2) is 6.61 Å². The third-order valence-corrected chi connectivity index (χ3v) is 3.82. The van der Waals surface area contributed by atoms with Crippen molar-refractivity contribution in [2.45, 2.75) is 20.8 Å². The SMILES string of the molecule is Cc1ccc(Cl)cc1OCC(=O)c1cc(C)n(C)c1C. The molecule has 0 bridgehead atoms. The standard InChI is InChI=1S/C16H18ClNO2/c1-10-5-6-13(17)8-16(10)20-9-15(19)14-7-11(2)18(4)12(14)3/h5-8H,9H2,1-4H3. The molecule has 20 heavy (non-hydrogen) atoms. The smallest absolute Gasteiger partial charge is 0.202 e. The lowest BCUT2D eigenvalue weighted by Gasteiger charge is -2.09. The molecule has 2 aromatic rings. The van der Waals surface area contributed by atoms with Crippen molar-refractivity contribution in [2.24, 2.45) is 7.05 Å². The summed E-state index contributed by atoms with van der Waals surface area (Å²) in [5.41, 5.74) is 3.69. The lowest BCUT2D eigenvalue weighted by molar-refractivity contribution is 0.0920. The van der Waals surface area contributed by atoms with Crippen LogP contribution in [0.15, 0.2) is 24.3 Å². The maximum absolute atomic E-state index is 12.2. The van der Waals surface area contributed by atoms with Gasteiger partial charge in [-0.1, -0.05) is 17.7 Å². The normalized spacial score (nSPS) is 10.7. The highest BCUT2D eigenvalue weighted by atomic mass is 35.5. The van der Waals surface area contributed by atoms with Crippen molar-refractivity contribution in [1.29, 1.82) is 0 Å². The van der Waals surface area contributed by atoms with E-state index < -0.39 is 0 Å². The third kappa shape index (κ3) is 2.88. The Morgan fingerprint density at radius 2 is 1.95 bits per heavy atom. The number of aryl methyl sites for hydroxylation is 2. The molecule has 0 saturated carbocycles. The number of aromatic nitrogens is 1. The Kier molecular flexibility index (Phi) is 4.19. The van der Waals surface area contributed by atoms with Crippen LogP contribution >= 0.6 is 11.6 Å². The number of carbonyl (C=O) groups is 1. The molecule has 0 aliphatic carbocycles. The van der Waals surface area contributed by atoms with Crippen LogP contribution in [0.3, 0.4) is 0 Å². The van der Waals surface area contributed by atoms with Crippen LogP contribution < -0.4 is 4.74 Å². The van der Waals surface area contributed by atoms with E-state index in [4.69, 9.17) is 16.3 Å². The number of hydrogen-bond donors (Lipinski definition) is 0. The van der Waals surface area contributed by atoms with Crippen molar-refractivity contribution in [3.05, 3.63) is 51.8 Å². The quantitative estimate of drug-likeness (QED) is 0.801. The van der Waals surface area contributed by atoms with E-state index in [1.165, 1.54) is 0 Å². The van der Waals surface area contributed by atoms with Gasteiger partial charge in [-0.2, -0.15) is 0 Å². The number of carbonyl (C=O) groups excluding carboxylic acids is 1. The molecule has 0 aliphatic rings. The Hall–Kier alpha value is -1.74. The molecule has 1 aromatic heterocycles. The number of nitrogens with zero attached hydrogens (tertiary/aromatic N) is 1. The molecule has 0 aliphatic heterocycles. The second-order valence-corrected chi connectivity index (χ2v) is 5.40. The minimum atomic E-state index is -0.0226. The molecule has 0 spiro atoms. The van der Waals surface area contributed by atoms with Gasteiger partial charge in [-0.05, 0) is 44.5 Å². The van der Waals surface area contributed by atoms with Crippen LogP contribution in [0.1, 0.15) is 27.3 Å². The van der Waals surface area contributed by atoms with Crippen molar-refractivity contribution >= 4 is 17.4 Å². The largest absolute Gasteiger partial charge is 0.485 e. The number of rotatable bonds is 4. The van der Waals surface area contributed by atoms with Crippen LogP contribution in [-0.2, 0) is 7.05 Å². The Labute approximate surface area is 124 Å².